The first-order chi connectivity index (χ1) is 10.5. The molecule has 0 spiro atoms. The second-order valence-electron chi connectivity index (χ2n) is 4.33. The molecule has 0 aromatic heterocycles. The number of carbonyl (C=O) groups excluding carboxylic acids is 1. The maximum atomic E-state index is 12.1. The SMILES string of the molecule is CCOc1ccc(C(=O)Nc2cc([N+](=O)[O-])ccc2Cl)cc1. The number of nitro groups is 1. The number of anilines is 1. The van der Waals surface area contributed by atoms with Crippen LogP contribution in [0.25, 0.3) is 0 Å². The van der Waals surface area contributed by atoms with Gasteiger partial charge in [0.05, 0.1) is 22.2 Å². The summed E-state index contributed by atoms with van der Waals surface area (Å²) in [7, 11) is 0. The summed E-state index contributed by atoms with van der Waals surface area (Å²) >= 11 is 5.94. The van der Waals surface area contributed by atoms with Gasteiger partial charge in [-0.2, -0.15) is 0 Å². The molecule has 0 aliphatic heterocycles. The number of carbonyl (C=O) groups is 1. The molecule has 0 fully saturated rings. The van der Waals surface area contributed by atoms with Gasteiger partial charge in [0.25, 0.3) is 11.6 Å². The van der Waals surface area contributed by atoms with Gasteiger partial charge >= 0.3 is 0 Å². The van der Waals surface area contributed by atoms with E-state index in [-0.39, 0.29) is 16.4 Å². The number of amides is 1. The Balaban J connectivity index is 2.17. The standard InChI is InChI=1S/C15H13ClN2O4/c1-2-22-12-6-3-10(4-7-12)15(19)17-14-9-11(18(20)21)5-8-13(14)16/h3-9H,2H2,1H3,(H,17,19). The first-order valence-corrected chi connectivity index (χ1v) is 6.87. The highest BCUT2D eigenvalue weighted by Gasteiger charge is 2.13. The molecule has 0 saturated carbocycles. The molecule has 1 N–H and O–H groups in total. The van der Waals surface area contributed by atoms with Crippen LogP contribution in [0.1, 0.15) is 17.3 Å². The Kier molecular flexibility index (Phi) is 4.95. The van der Waals surface area contributed by atoms with E-state index in [1.54, 1.807) is 24.3 Å². The lowest BCUT2D eigenvalue weighted by Crippen LogP contribution is -2.12. The van der Waals surface area contributed by atoms with Crippen molar-refractivity contribution in [3.8, 4) is 5.75 Å². The van der Waals surface area contributed by atoms with Gasteiger partial charge in [-0.15, -0.1) is 0 Å². The Labute approximate surface area is 131 Å². The summed E-state index contributed by atoms with van der Waals surface area (Å²) in [6, 6.07) is 10.4. The van der Waals surface area contributed by atoms with E-state index >= 15 is 0 Å². The predicted octanol–water partition coefficient (Wildman–Crippen LogP) is 3.90. The smallest absolute Gasteiger partial charge is 0.271 e. The van der Waals surface area contributed by atoms with Crippen LogP contribution in [0.5, 0.6) is 5.75 Å². The summed E-state index contributed by atoms with van der Waals surface area (Å²) in [4.78, 5) is 22.3. The highest BCUT2D eigenvalue weighted by atomic mass is 35.5. The van der Waals surface area contributed by atoms with E-state index in [9.17, 15) is 14.9 Å². The molecular formula is C15H13ClN2O4. The molecule has 2 aromatic rings. The molecule has 22 heavy (non-hydrogen) atoms. The van der Waals surface area contributed by atoms with Crippen molar-refractivity contribution in [3.05, 3.63) is 63.2 Å². The van der Waals surface area contributed by atoms with Gasteiger partial charge in [0.1, 0.15) is 5.75 Å². The Morgan fingerprint density at radius 1 is 1.27 bits per heavy atom. The molecule has 114 valence electrons. The van der Waals surface area contributed by atoms with Gasteiger partial charge in [-0.25, -0.2) is 0 Å². The molecular weight excluding hydrogens is 308 g/mol. The molecule has 0 heterocycles. The maximum Gasteiger partial charge on any atom is 0.271 e. The lowest BCUT2D eigenvalue weighted by Gasteiger charge is -2.08. The Morgan fingerprint density at radius 2 is 1.95 bits per heavy atom. The molecule has 0 unspecified atom stereocenters. The number of hydrogen-bond donors (Lipinski definition) is 1. The van der Waals surface area contributed by atoms with E-state index in [0.717, 1.165) is 0 Å². The molecule has 0 radical (unpaired) electrons. The summed E-state index contributed by atoms with van der Waals surface area (Å²) in [6.45, 7) is 2.40. The van der Waals surface area contributed by atoms with Gasteiger partial charge in [-0.3, -0.25) is 14.9 Å². The minimum atomic E-state index is -0.553. The van der Waals surface area contributed by atoms with Crippen molar-refractivity contribution in [2.75, 3.05) is 11.9 Å². The van der Waals surface area contributed by atoms with E-state index in [0.29, 0.717) is 17.9 Å². The maximum absolute atomic E-state index is 12.1. The van der Waals surface area contributed by atoms with Crippen LogP contribution in [0.4, 0.5) is 11.4 Å². The highest BCUT2D eigenvalue weighted by molar-refractivity contribution is 6.34. The second kappa shape index (κ2) is 6.91. The lowest BCUT2D eigenvalue weighted by atomic mass is 10.2. The fourth-order valence-corrected chi connectivity index (χ4v) is 1.95. The molecule has 0 aliphatic carbocycles. The molecule has 0 bridgehead atoms. The average molecular weight is 321 g/mol. The minimum Gasteiger partial charge on any atom is -0.494 e. The van der Waals surface area contributed by atoms with Crippen molar-refractivity contribution in [1.29, 1.82) is 0 Å². The molecule has 0 saturated heterocycles. The second-order valence-corrected chi connectivity index (χ2v) is 4.74. The minimum absolute atomic E-state index is 0.147. The zero-order valence-electron chi connectivity index (χ0n) is 11.7. The molecule has 6 nitrogen and oxygen atoms in total. The van der Waals surface area contributed by atoms with Gasteiger partial charge < -0.3 is 10.1 Å². The van der Waals surface area contributed by atoms with E-state index in [2.05, 4.69) is 5.32 Å². The number of benzene rings is 2. The predicted molar refractivity (Wildman–Crippen MR) is 83.7 cm³/mol. The number of hydrogen-bond acceptors (Lipinski definition) is 4. The van der Waals surface area contributed by atoms with Crippen molar-refractivity contribution in [2.45, 2.75) is 6.92 Å². The van der Waals surface area contributed by atoms with Crippen molar-refractivity contribution in [3.63, 3.8) is 0 Å². The Hall–Kier alpha value is -2.60. The molecule has 1 amide bonds. The van der Waals surface area contributed by atoms with Crippen LogP contribution in [-0.2, 0) is 0 Å². The van der Waals surface area contributed by atoms with Crippen molar-refractivity contribution in [2.24, 2.45) is 0 Å². The largest absolute Gasteiger partial charge is 0.494 e. The monoisotopic (exact) mass is 320 g/mol. The third-order valence-electron chi connectivity index (χ3n) is 2.84. The van der Waals surface area contributed by atoms with Crippen molar-refractivity contribution in [1.82, 2.24) is 0 Å². The summed E-state index contributed by atoms with van der Waals surface area (Å²) in [6.07, 6.45) is 0. The number of nitrogens with zero attached hydrogens (tertiary/aromatic N) is 1. The van der Waals surface area contributed by atoms with E-state index in [1.165, 1.54) is 18.2 Å². The van der Waals surface area contributed by atoms with Crippen LogP contribution in [0.3, 0.4) is 0 Å². The number of nitro benzene ring substituents is 1. The van der Waals surface area contributed by atoms with Gasteiger partial charge in [-0.1, -0.05) is 11.6 Å². The number of halogens is 1. The van der Waals surface area contributed by atoms with Crippen LogP contribution < -0.4 is 10.1 Å². The van der Waals surface area contributed by atoms with E-state index in [1.807, 2.05) is 6.92 Å². The summed E-state index contributed by atoms with van der Waals surface area (Å²) in [5, 5.41) is 13.5. The third-order valence-corrected chi connectivity index (χ3v) is 3.17. The van der Waals surface area contributed by atoms with E-state index in [4.69, 9.17) is 16.3 Å². The zero-order chi connectivity index (χ0) is 16.1. The van der Waals surface area contributed by atoms with Crippen LogP contribution in [0.15, 0.2) is 42.5 Å². The summed E-state index contributed by atoms with van der Waals surface area (Å²) < 4.78 is 5.29. The summed E-state index contributed by atoms with van der Waals surface area (Å²) in [5.41, 5.74) is 0.437. The molecule has 0 atom stereocenters. The number of nitrogens with one attached hydrogen (secondary N) is 1. The molecule has 0 aliphatic rings. The first-order valence-electron chi connectivity index (χ1n) is 6.49. The third kappa shape index (κ3) is 3.73. The number of ether oxygens (including phenoxy) is 1. The topological polar surface area (TPSA) is 81.5 Å². The van der Waals surface area contributed by atoms with E-state index < -0.39 is 10.8 Å². The van der Waals surface area contributed by atoms with Crippen LogP contribution in [0, 0.1) is 10.1 Å². The first kappa shape index (κ1) is 15.8. The van der Waals surface area contributed by atoms with Crippen molar-refractivity contribution < 1.29 is 14.5 Å². The zero-order valence-corrected chi connectivity index (χ0v) is 12.5. The van der Waals surface area contributed by atoms with Crippen LogP contribution in [-0.4, -0.2) is 17.4 Å². The van der Waals surface area contributed by atoms with Gasteiger partial charge in [0, 0.05) is 17.7 Å². The quantitative estimate of drug-likeness (QED) is 0.669. The Morgan fingerprint density at radius 3 is 2.55 bits per heavy atom. The average Bonchev–Trinajstić information content (AvgIpc) is 2.50. The van der Waals surface area contributed by atoms with Crippen LogP contribution >= 0.6 is 11.6 Å². The normalized spacial score (nSPS) is 10.1. The number of non-ortho nitro benzene ring substituents is 1. The van der Waals surface area contributed by atoms with Crippen molar-refractivity contribution >= 4 is 28.9 Å². The fourth-order valence-electron chi connectivity index (χ4n) is 1.79. The van der Waals surface area contributed by atoms with Gasteiger partial charge in [-0.05, 0) is 37.3 Å². The Bertz CT molecular complexity index is 701. The lowest BCUT2D eigenvalue weighted by molar-refractivity contribution is -0.384. The molecule has 7 heteroatoms. The summed E-state index contributed by atoms with van der Waals surface area (Å²) in [5.74, 6) is 0.248. The molecule has 2 aromatic carbocycles. The van der Waals surface area contributed by atoms with Crippen LogP contribution in [0.2, 0.25) is 5.02 Å². The number of rotatable bonds is 5. The van der Waals surface area contributed by atoms with Gasteiger partial charge in [0.2, 0.25) is 0 Å². The molecule has 2 rings (SSSR count). The highest BCUT2D eigenvalue weighted by Crippen LogP contribution is 2.27. The fraction of sp³-hybridized carbons (Fsp3) is 0.133. The van der Waals surface area contributed by atoms with Gasteiger partial charge in [0.15, 0.2) is 0 Å².